The number of aromatic nitrogens is 1. The predicted octanol–water partition coefficient (Wildman–Crippen LogP) is 4.78. The van der Waals surface area contributed by atoms with Gasteiger partial charge in [0, 0.05) is 28.1 Å². The molecule has 0 bridgehead atoms. The number of rotatable bonds is 8. The maximum Gasteiger partial charge on any atom is 0.229 e. The van der Waals surface area contributed by atoms with Crippen LogP contribution in [-0.4, -0.2) is 30.3 Å². The molecule has 0 unspecified atom stereocenters. The number of halogens is 1. The molecule has 0 saturated carbocycles. The Morgan fingerprint density at radius 1 is 1.21 bits per heavy atom. The number of fused-ring (bicyclic) bond motifs is 1. The highest BCUT2D eigenvalue weighted by atomic mass is 127. The van der Waals surface area contributed by atoms with Crippen LogP contribution in [0.5, 0.6) is 5.75 Å². The molecule has 0 spiro atoms. The lowest BCUT2D eigenvalue weighted by Crippen LogP contribution is -2.09. The second-order valence-corrected chi connectivity index (χ2v) is 9.43. The van der Waals surface area contributed by atoms with Gasteiger partial charge < -0.3 is 9.30 Å². The van der Waals surface area contributed by atoms with E-state index in [2.05, 4.69) is 37.9 Å². The Labute approximate surface area is 184 Å². The molecule has 0 fully saturated rings. The molecule has 0 saturated heterocycles. The van der Waals surface area contributed by atoms with Gasteiger partial charge in [-0.2, -0.15) is 5.26 Å². The van der Waals surface area contributed by atoms with Crippen molar-refractivity contribution in [3.05, 3.63) is 48.0 Å². The van der Waals surface area contributed by atoms with E-state index in [9.17, 15) is 13.7 Å². The number of nitrogens with zero attached hydrogens (tertiary/aromatic N) is 2. The van der Waals surface area contributed by atoms with E-state index in [1.807, 2.05) is 37.3 Å². The lowest BCUT2D eigenvalue weighted by molar-refractivity contribution is 0.320. The van der Waals surface area contributed by atoms with Gasteiger partial charge in [-0.05, 0) is 43.2 Å². The summed E-state index contributed by atoms with van der Waals surface area (Å²) in [5, 5.41) is 10.7. The van der Waals surface area contributed by atoms with Crippen molar-refractivity contribution in [1.82, 2.24) is 4.57 Å². The molecule has 1 N–H and O–H groups in total. The van der Waals surface area contributed by atoms with Crippen molar-refractivity contribution >= 4 is 49.2 Å². The van der Waals surface area contributed by atoms with E-state index >= 15 is 0 Å². The number of nitriles is 1. The molecule has 3 aromatic rings. The second-order valence-electron chi connectivity index (χ2n) is 6.60. The first-order chi connectivity index (χ1) is 13.9. The van der Waals surface area contributed by atoms with Crippen molar-refractivity contribution < 1.29 is 13.2 Å². The molecule has 0 aliphatic rings. The summed E-state index contributed by atoms with van der Waals surface area (Å²) in [4.78, 5) is 0. The van der Waals surface area contributed by atoms with Crippen LogP contribution in [0.2, 0.25) is 0 Å². The van der Waals surface area contributed by atoms with Crippen LogP contribution in [0.4, 0.5) is 5.69 Å². The van der Waals surface area contributed by atoms with Gasteiger partial charge >= 0.3 is 0 Å². The van der Waals surface area contributed by atoms with Crippen molar-refractivity contribution in [3.63, 3.8) is 0 Å². The van der Waals surface area contributed by atoms with E-state index in [1.54, 1.807) is 12.1 Å². The molecule has 152 valence electrons. The zero-order valence-electron chi connectivity index (χ0n) is 16.3. The molecule has 1 aromatic heterocycles. The lowest BCUT2D eigenvalue weighted by Gasteiger charge is -2.11. The lowest BCUT2D eigenvalue weighted by atomic mass is 10.1. The second kappa shape index (κ2) is 9.05. The van der Waals surface area contributed by atoms with Crippen LogP contribution in [0.3, 0.4) is 0 Å². The molecule has 29 heavy (non-hydrogen) atoms. The molecule has 0 atom stereocenters. The Balaban J connectivity index is 2.08. The van der Waals surface area contributed by atoms with Gasteiger partial charge in [0.15, 0.2) is 0 Å². The molecule has 2 aromatic carbocycles. The molecule has 3 rings (SSSR count). The van der Waals surface area contributed by atoms with Crippen molar-refractivity contribution in [2.24, 2.45) is 0 Å². The summed E-state index contributed by atoms with van der Waals surface area (Å²) < 4.78 is 34.3. The summed E-state index contributed by atoms with van der Waals surface area (Å²) in [6.45, 7) is 3.38. The fraction of sp³-hybridized carbons (Fsp3) is 0.286. The first kappa shape index (κ1) is 21.5. The van der Waals surface area contributed by atoms with Crippen LogP contribution in [0.1, 0.15) is 18.9 Å². The van der Waals surface area contributed by atoms with Gasteiger partial charge in [0.25, 0.3) is 0 Å². The standard InChI is InChI=1S/C21H22IN3O3S/c1-3-25-20-13-17(28-12-4-11-22)9-10-18(20)19(14-23)21(25)15-5-7-16(8-6-15)24-29(2,26)27/h5-10,13,24H,3-4,11-12H2,1-2H3. The van der Waals surface area contributed by atoms with Crippen LogP contribution in [-0.2, 0) is 16.6 Å². The Bertz CT molecular complexity index is 1160. The molecule has 6 nitrogen and oxygen atoms in total. The Kier molecular flexibility index (Phi) is 6.70. The van der Waals surface area contributed by atoms with Crippen molar-refractivity contribution in [3.8, 4) is 23.1 Å². The number of sulfonamides is 1. The van der Waals surface area contributed by atoms with Crippen molar-refractivity contribution in [2.45, 2.75) is 19.9 Å². The third-order valence-electron chi connectivity index (χ3n) is 4.47. The number of aryl methyl sites for hydroxylation is 1. The number of ether oxygens (including phenoxy) is 1. The fourth-order valence-corrected chi connectivity index (χ4v) is 4.19. The summed E-state index contributed by atoms with van der Waals surface area (Å²) in [5.41, 5.74) is 3.71. The van der Waals surface area contributed by atoms with Gasteiger partial charge in [0.2, 0.25) is 10.0 Å². The quantitative estimate of drug-likeness (QED) is 0.262. The summed E-state index contributed by atoms with van der Waals surface area (Å²) >= 11 is 2.33. The molecule has 0 aliphatic carbocycles. The molecule has 0 radical (unpaired) electrons. The first-order valence-corrected chi connectivity index (χ1v) is 12.6. The largest absolute Gasteiger partial charge is 0.493 e. The molecule has 8 heteroatoms. The highest BCUT2D eigenvalue weighted by Gasteiger charge is 2.18. The molecule has 0 amide bonds. The minimum absolute atomic E-state index is 0.486. The Morgan fingerprint density at radius 2 is 1.93 bits per heavy atom. The predicted molar refractivity (Wildman–Crippen MR) is 125 cm³/mol. The highest BCUT2D eigenvalue weighted by Crippen LogP contribution is 2.35. The number of hydrogen-bond donors (Lipinski definition) is 1. The third kappa shape index (κ3) is 4.85. The van der Waals surface area contributed by atoms with E-state index in [-0.39, 0.29) is 0 Å². The number of nitrogens with one attached hydrogen (secondary N) is 1. The minimum Gasteiger partial charge on any atom is -0.493 e. The summed E-state index contributed by atoms with van der Waals surface area (Å²) in [6, 6.07) is 15.2. The zero-order valence-corrected chi connectivity index (χ0v) is 19.2. The molecular weight excluding hydrogens is 501 g/mol. The highest BCUT2D eigenvalue weighted by molar-refractivity contribution is 14.1. The minimum atomic E-state index is -3.34. The third-order valence-corrected chi connectivity index (χ3v) is 5.84. The van der Waals surface area contributed by atoms with Gasteiger partial charge in [-0.25, -0.2) is 8.42 Å². The first-order valence-electron chi connectivity index (χ1n) is 9.21. The maximum absolute atomic E-state index is 11.4. The van der Waals surface area contributed by atoms with Gasteiger partial charge in [-0.3, -0.25) is 4.72 Å². The monoisotopic (exact) mass is 523 g/mol. The summed E-state index contributed by atoms with van der Waals surface area (Å²) in [7, 11) is -3.34. The van der Waals surface area contributed by atoms with E-state index in [0.717, 1.165) is 45.0 Å². The SMILES string of the molecule is CCn1c(-c2ccc(NS(C)(=O)=O)cc2)c(C#N)c2ccc(OCCCI)cc21. The Hall–Kier alpha value is -2.25. The fourth-order valence-electron chi connectivity index (χ4n) is 3.32. The van der Waals surface area contributed by atoms with E-state index in [0.29, 0.717) is 24.4 Å². The van der Waals surface area contributed by atoms with Crippen molar-refractivity contribution in [1.29, 1.82) is 5.26 Å². The number of alkyl halides is 1. The average Bonchev–Trinajstić information content (AvgIpc) is 3.00. The van der Waals surface area contributed by atoms with E-state index in [1.165, 1.54) is 0 Å². The van der Waals surface area contributed by atoms with Crippen molar-refractivity contribution in [2.75, 3.05) is 22.0 Å². The number of hydrogen-bond acceptors (Lipinski definition) is 4. The average molecular weight is 523 g/mol. The smallest absolute Gasteiger partial charge is 0.229 e. The molecular formula is C21H22IN3O3S. The maximum atomic E-state index is 11.4. The van der Waals surface area contributed by atoms with Gasteiger partial charge in [0.1, 0.15) is 11.8 Å². The normalized spacial score (nSPS) is 11.4. The molecule has 0 aliphatic heterocycles. The van der Waals surface area contributed by atoms with Crippen LogP contribution in [0.15, 0.2) is 42.5 Å². The van der Waals surface area contributed by atoms with Crippen LogP contribution in [0, 0.1) is 11.3 Å². The van der Waals surface area contributed by atoms with Gasteiger partial charge in [-0.15, -0.1) is 0 Å². The van der Waals surface area contributed by atoms with E-state index in [4.69, 9.17) is 4.74 Å². The summed E-state index contributed by atoms with van der Waals surface area (Å²) in [5.74, 6) is 0.790. The zero-order chi connectivity index (χ0) is 21.0. The van der Waals surface area contributed by atoms with Crippen LogP contribution < -0.4 is 9.46 Å². The topological polar surface area (TPSA) is 84.1 Å². The van der Waals surface area contributed by atoms with Gasteiger partial charge in [-0.1, -0.05) is 34.7 Å². The van der Waals surface area contributed by atoms with Gasteiger partial charge in [0.05, 0.1) is 29.6 Å². The number of anilines is 1. The molecule has 1 heterocycles. The van der Waals surface area contributed by atoms with Crippen LogP contribution in [0.25, 0.3) is 22.2 Å². The summed E-state index contributed by atoms with van der Waals surface area (Å²) in [6.07, 6.45) is 2.10. The number of benzene rings is 2. The Morgan fingerprint density at radius 3 is 2.52 bits per heavy atom. The van der Waals surface area contributed by atoms with E-state index < -0.39 is 10.0 Å². The van der Waals surface area contributed by atoms with Crippen LogP contribution >= 0.6 is 22.6 Å².